The number of hydrogen-bond donors (Lipinski definition) is 1. The maximum absolute atomic E-state index is 14.0. The molecule has 0 saturated heterocycles. The molecule has 2 aliphatic rings. The first kappa shape index (κ1) is 25.9. The van der Waals surface area contributed by atoms with Gasteiger partial charge in [0.1, 0.15) is 24.2 Å². The second-order valence-corrected chi connectivity index (χ2v) is 10.1. The lowest BCUT2D eigenvalue weighted by Crippen LogP contribution is -2.50. The average molecular weight is 518 g/mol. The summed E-state index contributed by atoms with van der Waals surface area (Å²) < 4.78 is 26.1. The molecule has 1 saturated carbocycles. The predicted molar refractivity (Wildman–Crippen MR) is 140 cm³/mol. The van der Waals surface area contributed by atoms with Crippen LogP contribution in [0.4, 0.5) is 4.39 Å². The molecule has 0 radical (unpaired) electrons. The van der Waals surface area contributed by atoms with Crippen molar-refractivity contribution in [3.8, 4) is 5.75 Å². The molecule has 1 aliphatic carbocycles. The number of carboxylic acid groups (broad SMARTS) is 1. The molecule has 7 heteroatoms. The fourth-order valence-corrected chi connectivity index (χ4v) is 5.42. The van der Waals surface area contributed by atoms with Gasteiger partial charge >= 0.3 is 5.97 Å². The van der Waals surface area contributed by atoms with Gasteiger partial charge in [-0.3, -0.25) is 4.79 Å². The molecular formula is C31H32FNO5. The van der Waals surface area contributed by atoms with Gasteiger partial charge in [-0.2, -0.15) is 0 Å². The van der Waals surface area contributed by atoms with E-state index in [4.69, 9.17) is 9.47 Å². The van der Waals surface area contributed by atoms with Crippen LogP contribution >= 0.6 is 0 Å². The number of carbonyl (C=O) groups excluding carboxylic acids is 1. The Kier molecular flexibility index (Phi) is 7.74. The summed E-state index contributed by atoms with van der Waals surface area (Å²) in [6.45, 7) is 2.42. The Balaban J connectivity index is 1.45. The molecule has 0 bridgehead atoms. The number of ether oxygens (including phenoxy) is 2. The van der Waals surface area contributed by atoms with Gasteiger partial charge in [0.25, 0.3) is 5.91 Å². The first-order chi connectivity index (χ1) is 18.4. The van der Waals surface area contributed by atoms with Crippen molar-refractivity contribution in [1.29, 1.82) is 0 Å². The number of carboxylic acids is 1. The standard InChI is InChI=1S/C31H32FNO5/c1-20-11-12-23-18-33(27(31(35)36)17-26(23)28(20)37-19-21-7-3-2-4-8-21)30(34)29(38-25-9-5-6-10-25)22-13-15-24(32)16-14-22/h2-4,7-8,11-16,25,27,29H,5-6,9-10,17-19H2,1H3,(H,35,36). The van der Waals surface area contributed by atoms with Crippen molar-refractivity contribution in [3.63, 3.8) is 0 Å². The Hall–Kier alpha value is -3.71. The lowest BCUT2D eigenvalue weighted by Gasteiger charge is -2.38. The van der Waals surface area contributed by atoms with Gasteiger partial charge in [-0.25, -0.2) is 9.18 Å². The number of carbonyl (C=O) groups is 2. The van der Waals surface area contributed by atoms with Crippen molar-refractivity contribution in [3.05, 3.63) is 100 Å². The molecule has 1 aliphatic heterocycles. The summed E-state index contributed by atoms with van der Waals surface area (Å²) in [5.41, 5.74) is 4.11. The lowest BCUT2D eigenvalue weighted by atomic mass is 9.90. The Morgan fingerprint density at radius 3 is 2.42 bits per heavy atom. The highest BCUT2D eigenvalue weighted by molar-refractivity contribution is 5.88. The smallest absolute Gasteiger partial charge is 0.326 e. The van der Waals surface area contributed by atoms with Crippen molar-refractivity contribution in [2.45, 2.75) is 70.4 Å². The molecule has 0 aromatic heterocycles. The zero-order chi connectivity index (χ0) is 26.6. The van der Waals surface area contributed by atoms with Gasteiger partial charge in [0.05, 0.1) is 6.10 Å². The van der Waals surface area contributed by atoms with E-state index in [9.17, 15) is 19.1 Å². The van der Waals surface area contributed by atoms with Crippen LogP contribution in [-0.4, -0.2) is 34.0 Å². The van der Waals surface area contributed by atoms with E-state index >= 15 is 0 Å². The Labute approximate surface area is 222 Å². The molecule has 2 unspecified atom stereocenters. The SMILES string of the molecule is Cc1ccc2c(c1OCc1ccccc1)CC(C(=O)O)N(C(=O)C(OC1CCCC1)c1ccc(F)cc1)C2. The Morgan fingerprint density at radius 1 is 1.03 bits per heavy atom. The van der Waals surface area contributed by atoms with Gasteiger partial charge in [-0.15, -0.1) is 0 Å². The normalized spacial score (nSPS) is 18.2. The van der Waals surface area contributed by atoms with E-state index in [2.05, 4.69) is 0 Å². The third-order valence-corrected chi connectivity index (χ3v) is 7.49. The highest BCUT2D eigenvalue weighted by Gasteiger charge is 2.40. The zero-order valence-corrected chi connectivity index (χ0v) is 21.4. The van der Waals surface area contributed by atoms with E-state index in [0.29, 0.717) is 17.9 Å². The van der Waals surface area contributed by atoms with Crippen LogP contribution < -0.4 is 4.74 Å². The molecule has 198 valence electrons. The van der Waals surface area contributed by atoms with E-state index in [1.54, 1.807) is 12.1 Å². The minimum Gasteiger partial charge on any atom is -0.488 e. The van der Waals surface area contributed by atoms with Crippen molar-refractivity contribution < 1.29 is 28.6 Å². The van der Waals surface area contributed by atoms with Crippen LogP contribution in [0.3, 0.4) is 0 Å². The average Bonchev–Trinajstić information content (AvgIpc) is 3.44. The second-order valence-electron chi connectivity index (χ2n) is 10.1. The number of aryl methyl sites for hydroxylation is 1. The van der Waals surface area contributed by atoms with Crippen molar-refractivity contribution in [2.24, 2.45) is 0 Å². The van der Waals surface area contributed by atoms with E-state index in [1.807, 2.05) is 49.4 Å². The van der Waals surface area contributed by atoms with Crippen LogP contribution in [0.15, 0.2) is 66.7 Å². The van der Waals surface area contributed by atoms with Crippen LogP contribution in [0.5, 0.6) is 5.75 Å². The quantitative estimate of drug-likeness (QED) is 0.412. The van der Waals surface area contributed by atoms with Crippen molar-refractivity contribution in [1.82, 2.24) is 4.90 Å². The summed E-state index contributed by atoms with van der Waals surface area (Å²) in [6, 6.07) is 18.3. The topological polar surface area (TPSA) is 76.1 Å². The fourth-order valence-electron chi connectivity index (χ4n) is 5.42. The van der Waals surface area contributed by atoms with E-state index < -0.39 is 29.8 Å². The van der Waals surface area contributed by atoms with Gasteiger partial charge in [0, 0.05) is 18.5 Å². The molecule has 1 heterocycles. The summed E-state index contributed by atoms with van der Waals surface area (Å²) in [5.74, 6) is -1.25. The van der Waals surface area contributed by atoms with Gasteiger partial charge in [0.15, 0.2) is 6.10 Å². The van der Waals surface area contributed by atoms with E-state index in [-0.39, 0.29) is 19.1 Å². The molecule has 6 nitrogen and oxygen atoms in total. The minimum atomic E-state index is -1.08. The molecule has 1 fully saturated rings. The largest absolute Gasteiger partial charge is 0.488 e. The van der Waals surface area contributed by atoms with Gasteiger partial charge < -0.3 is 19.5 Å². The van der Waals surface area contributed by atoms with E-state index in [1.165, 1.54) is 17.0 Å². The number of amides is 1. The second kappa shape index (κ2) is 11.4. The number of halogens is 1. The monoisotopic (exact) mass is 517 g/mol. The maximum atomic E-state index is 14.0. The fraction of sp³-hybridized carbons (Fsp3) is 0.355. The molecule has 5 rings (SSSR count). The molecule has 1 N–H and O–H groups in total. The predicted octanol–water partition coefficient (Wildman–Crippen LogP) is 5.75. The number of rotatable bonds is 8. The molecule has 3 aromatic carbocycles. The summed E-state index contributed by atoms with van der Waals surface area (Å²) in [5, 5.41) is 10.2. The summed E-state index contributed by atoms with van der Waals surface area (Å²) in [6.07, 6.45) is 2.78. The Morgan fingerprint density at radius 2 is 1.74 bits per heavy atom. The number of aliphatic carboxylic acids is 1. The van der Waals surface area contributed by atoms with Crippen LogP contribution in [-0.2, 0) is 33.9 Å². The number of hydrogen-bond acceptors (Lipinski definition) is 4. The maximum Gasteiger partial charge on any atom is 0.326 e. The third kappa shape index (κ3) is 5.58. The van der Waals surface area contributed by atoms with Crippen LogP contribution in [0.2, 0.25) is 0 Å². The first-order valence-corrected chi connectivity index (χ1v) is 13.1. The highest BCUT2D eigenvalue weighted by Crippen LogP contribution is 2.37. The number of nitrogens with zero attached hydrogens (tertiary/aromatic N) is 1. The summed E-state index contributed by atoms with van der Waals surface area (Å²) >= 11 is 0. The Bertz CT molecular complexity index is 1290. The molecule has 1 amide bonds. The first-order valence-electron chi connectivity index (χ1n) is 13.1. The van der Waals surface area contributed by atoms with Gasteiger partial charge in [-0.1, -0.05) is 67.4 Å². The molecule has 2 atom stereocenters. The van der Waals surface area contributed by atoms with Crippen molar-refractivity contribution in [2.75, 3.05) is 0 Å². The summed E-state index contributed by atoms with van der Waals surface area (Å²) in [4.78, 5) is 27.8. The van der Waals surface area contributed by atoms with Gasteiger partial charge in [0.2, 0.25) is 0 Å². The highest BCUT2D eigenvalue weighted by atomic mass is 19.1. The van der Waals surface area contributed by atoms with Crippen LogP contribution in [0.1, 0.15) is 59.6 Å². The zero-order valence-electron chi connectivity index (χ0n) is 21.4. The molecule has 0 spiro atoms. The number of fused-ring (bicyclic) bond motifs is 1. The number of benzene rings is 3. The molecular weight excluding hydrogens is 485 g/mol. The van der Waals surface area contributed by atoms with Gasteiger partial charge in [-0.05, 0) is 54.2 Å². The third-order valence-electron chi connectivity index (χ3n) is 7.49. The van der Waals surface area contributed by atoms with Crippen LogP contribution in [0.25, 0.3) is 0 Å². The minimum absolute atomic E-state index is 0.0880. The lowest BCUT2D eigenvalue weighted by molar-refractivity contribution is -0.160. The molecule has 3 aromatic rings. The van der Waals surface area contributed by atoms with E-state index in [0.717, 1.165) is 47.9 Å². The van der Waals surface area contributed by atoms with Crippen molar-refractivity contribution >= 4 is 11.9 Å². The van der Waals surface area contributed by atoms with Crippen LogP contribution in [0, 0.1) is 12.7 Å². The summed E-state index contributed by atoms with van der Waals surface area (Å²) in [7, 11) is 0. The molecule has 38 heavy (non-hydrogen) atoms.